The second-order valence-electron chi connectivity index (χ2n) is 22.3. The van der Waals surface area contributed by atoms with Gasteiger partial charge in [-0.15, -0.1) is 0 Å². The molecule has 8 rings (SSSR count). The van der Waals surface area contributed by atoms with Crippen molar-refractivity contribution in [2.75, 3.05) is 13.2 Å². The molecule has 0 amide bonds. The fraction of sp³-hybridized carbons (Fsp3) is 0.569. The smallest absolute Gasteiger partial charge is 0.344 e. The molecule has 2 saturated carbocycles. The van der Waals surface area contributed by atoms with Gasteiger partial charge in [-0.1, -0.05) is 131 Å². The van der Waals surface area contributed by atoms with Crippen molar-refractivity contribution < 1.29 is 52.7 Å². The molecule has 11 heteroatoms. The fourth-order valence-electron chi connectivity index (χ4n) is 13.1. The normalized spacial score (nSPS) is 22.7. The van der Waals surface area contributed by atoms with Crippen LogP contribution in [0.15, 0.2) is 97.1 Å². The van der Waals surface area contributed by atoms with Gasteiger partial charge in [0.15, 0.2) is 13.2 Å². The first kappa shape index (κ1) is 58.0. The Labute approximate surface area is 453 Å². The Morgan fingerprint density at radius 3 is 1.45 bits per heavy atom. The number of esters is 4. The number of aliphatic hydroxyl groups excluding tert-OH is 1. The minimum atomic E-state index is -0.391. The zero-order valence-electron chi connectivity index (χ0n) is 46.1. The summed E-state index contributed by atoms with van der Waals surface area (Å²) in [4.78, 5) is 47.9. The minimum absolute atomic E-state index is 0.0443. The lowest BCUT2D eigenvalue weighted by Crippen LogP contribution is -2.28. The molecule has 0 spiro atoms. The van der Waals surface area contributed by atoms with Gasteiger partial charge in [0.1, 0.15) is 36.9 Å². The number of benzene rings is 4. The summed E-state index contributed by atoms with van der Waals surface area (Å²) in [5.74, 6) is 4.00. The molecule has 0 bridgehead atoms. The lowest BCUT2D eigenvalue weighted by atomic mass is 9.73. The molecule has 1 N–H and O–H groups in total. The molecule has 10 atom stereocenters. The molecule has 0 aromatic heterocycles. The van der Waals surface area contributed by atoms with E-state index < -0.39 is 5.97 Å². The van der Waals surface area contributed by atoms with Gasteiger partial charge in [0.25, 0.3) is 0 Å². The van der Waals surface area contributed by atoms with Crippen LogP contribution in [0.4, 0.5) is 0 Å². The average molecular weight is 1040 g/mol. The van der Waals surface area contributed by atoms with Crippen LogP contribution < -0.4 is 9.47 Å². The Bertz CT molecular complexity index is 2270. The molecule has 76 heavy (non-hydrogen) atoms. The molecule has 2 fully saturated rings. The molecule has 412 valence electrons. The maximum atomic E-state index is 12.3. The van der Waals surface area contributed by atoms with Gasteiger partial charge in [-0.3, -0.25) is 9.59 Å². The van der Waals surface area contributed by atoms with Crippen LogP contribution in [-0.4, -0.2) is 60.5 Å². The molecule has 0 radical (unpaired) electrons. The maximum absolute atomic E-state index is 12.3. The van der Waals surface area contributed by atoms with Crippen molar-refractivity contribution in [3.63, 3.8) is 0 Å². The van der Waals surface area contributed by atoms with Gasteiger partial charge in [-0.05, 0) is 177 Å². The van der Waals surface area contributed by atoms with Crippen LogP contribution in [0.1, 0.15) is 158 Å². The van der Waals surface area contributed by atoms with Crippen molar-refractivity contribution in [1.29, 1.82) is 0 Å². The van der Waals surface area contributed by atoms with E-state index in [-0.39, 0.29) is 68.6 Å². The van der Waals surface area contributed by atoms with Gasteiger partial charge < -0.3 is 33.5 Å². The van der Waals surface area contributed by atoms with E-state index in [0.717, 1.165) is 125 Å². The molecular formula is C65H86O11. The van der Waals surface area contributed by atoms with E-state index >= 15 is 0 Å². The predicted molar refractivity (Wildman–Crippen MR) is 294 cm³/mol. The number of hydrogen-bond acceptors (Lipinski definition) is 11. The number of carbonyl (C=O) groups excluding carboxylic acids is 4. The van der Waals surface area contributed by atoms with Crippen LogP contribution >= 0.6 is 0 Å². The van der Waals surface area contributed by atoms with Crippen LogP contribution in [0.25, 0.3) is 0 Å². The number of unbranched alkanes of at least 4 members (excludes halogenated alkanes) is 4. The first-order chi connectivity index (χ1) is 36.9. The van der Waals surface area contributed by atoms with Crippen molar-refractivity contribution in [3.8, 4) is 11.5 Å². The van der Waals surface area contributed by atoms with Crippen molar-refractivity contribution in [2.24, 2.45) is 41.4 Å². The third kappa shape index (κ3) is 17.2. The molecule has 0 heterocycles. The van der Waals surface area contributed by atoms with Crippen LogP contribution in [0.3, 0.4) is 0 Å². The van der Waals surface area contributed by atoms with Crippen LogP contribution in [0.5, 0.6) is 11.5 Å². The Morgan fingerprint density at radius 1 is 0.539 bits per heavy atom. The van der Waals surface area contributed by atoms with E-state index in [2.05, 4.69) is 32.9 Å². The van der Waals surface area contributed by atoms with Crippen LogP contribution in [-0.2, 0) is 77.0 Å². The Kier molecular flexibility index (Phi) is 22.7. The largest absolute Gasteiger partial charge is 0.482 e. The van der Waals surface area contributed by atoms with Gasteiger partial charge in [-0.2, -0.15) is 0 Å². The minimum Gasteiger partial charge on any atom is -0.482 e. The van der Waals surface area contributed by atoms with E-state index in [1.807, 2.05) is 84.9 Å². The second-order valence-corrected chi connectivity index (χ2v) is 22.3. The summed E-state index contributed by atoms with van der Waals surface area (Å²) in [5.41, 5.74) is 6.90. The lowest BCUT2D eigenvalue weighted by molar-refractivity contribution is -0.148. The first-order valence-electron chi connectivity index (χ1n) is 28.8. The third-order valence-electron chi connectivity index (χ3n) is 16.8. The number of aliphatic hydroxyl groups is 1. The van der Waals surface area contributed by atoms with E-state index in [9.17, 15) is 24.3 Å². The number of carbonyl (C=O) groups is 4. The zero-order chi connectivity index (χ0) is 53.8. The number of fused-ring (bicyclic) bond motifs is 4. The monoisotopic (exact) mass is 1040 g/mol. The summed E-state index contributed by atoms with van der Waals surface area (Å²) in [5, 5.41) is 11.0. The highest BCUT2D eigenvalue weighted by Gasteiger charge is 2.46. The summed E-state index contributed by atoms with van der Waals surface area (Å²) in [6.45, 7) is 10.1. The zero-order valence-corrected chi connectivity index (χ0v) is 46.1. The molecule has 0 unspecified atom stereocenters. The van der Waals surface area contributed by atoms with Crippen LogP contribution in [0.2, 0.25) is 0 Å². The summed E-state index contributed by atoms with van der Waals surface area (Å²) in [6, 6.07) is 31.6. The Balaban J connectivity index is 0.000000221. The maximum Gasteiger partial charge on any atom is 0.344 e. The molecule has 4 aromatic carbocycles. The Morgan fingerprint density at radius 2 is 0.987 bits per heavy atom. The number of hydrogen-bond donors (Lipinski definition) is 1. The van der Waals surface area contributed by atoms with E-state index in [1.54, 1.807) is 0 Å². The van der Waals surface area contributed by atoms with E-state index in [4.69, 9.17) is 28.4 Å². The second kappa shape index (κ2) is 29.7. The molecule has 4 aliphatic carbocycles. The topological polar surface area (TPSA) is 144 Å². The van der Waals surface area contributed by atoms with Gasteiger partial charge in [0.2, 0.25) is 0 Å². The predicted octanol–water partition coefficient (Wildman–Crippen LogP) is 12.9. The van der Waals surface area contributed by atoms with Gasteiger partial charge in [-0.25, -0.2) is 9.59 Å². The van der Waals surface area contributed by atoms with Crippen molar-refractivity contribution >= 4 is 23.9 Å². The fourth-order valence-corrected chi connectivity index (χ4v) is 13.1. The highest BCUT2D eigenvalue weighted by molar-refractivity contribution is 5.72. The molecule has 11 nitrogen and oxygen atoms in total. The van der Waals surface area contributed by atoms with Gasteiger partial charge in [0, 0.05) is 13.8 Å². The summed E-state index contributed by atoms with van der Waals surface area (Å²) < 4.78 is 34.0. The molecule has 0 aliphatic heterocycles. The SMILES string of the molecule is CCCCC[C@@H](CC[C@@H]1[C@H]2Cc3cccc(OCC(=O)OCc4ccccc4)c3C[C@H]2C[C@H]1C)OC(C)=O.CCCCC[C@@H](CC[C@@H]1[C@H]2Cc3cccc(OCC(=O)OCc4ccccc4)c3C[C@H]2C[C@H]1O)OC(C)=O. The number of rotatable bonds is 26. The summed E-state index contributed by atoms with van der Waals surface area (Å²) in [7, 11) is 0. The van der Waals surface area contributed by atoms with E-state index in [1.165, 1.54) is 49.8 Å². The van der Waals surface area contributed by atoms with Gasteiger partial charge in [0.05, 0.1) is 6.10 Å². The third-order valence-corrected chi connectivity index (χ3v) is 16.8. The first-order valence-corrected chi connectivity index (χ1v) is 28.8. The lowest BCUT2D eigenvalue weighted by Gasteiger charge is -2.33. The average Bonchev–Trinajstić information content (AvgIpc) is 3.92. The van der Waals surface area contributed by atoms with Crippen molar-refractivity contribution in [2.45, 2.75) is 182 Å². The van der Waals surface area contributed by atoms with E-state index in [0.29, 0.717) is 35.5 Å². The standard InChI is InChI=1S/C33H44O5.C32H42O6/c1-4-5-7-14-28(38-24(3)34)16-17-29-23(2)18-27-20-31-26(19-30(27)29)13-10-15-32(31)36-22-33(35)37-21-25-11-8-6-9-12-25;1-3-4-6-13-26(38-22(2)33)15-16-27-28-17-24-12-9-14-31(29(24)18-25(28)19-30(27)34)36-21-32(35)37-20-23-10-7-5-8-11-23/h6,8-13,15,23,27-30H,4-5,7,14,16-22H2,1-3H3;5,7-12,14,25-28,30,34H,3-4,6,13,15-21H2,1-2H3/t23-,27-,28+,29+,30+;25-,26-,27+,28-,30+/m10/s1. The van der Waals surface area contributed by atoms with Gasteiger partial charge >= 0.3 is 23.9 Å². The summed E-state index contributed by atoms with van der Waals surface area (Å²) >= 11 is 0. The van der Waals surface area contributed by atoms with Crippen molar-refractivity contribution in [1.82, 2.24) is 0 Å². The number of ether oxygens (including phenoxy) is 6. The van der Waals surface area contributed by atoms with Crippen LogP contribution in [0, 0.1) is 41.4 Å². The highest BCUT2D eigenvalue weighted by atomic mass is 16.6. The quantitative estimate of drug-likeness (QED) is 0.0364. The highest BCUT2D eigenvalue weighted by Crippen LogP contribution is 2.52. The summed E-state index contributed by atoms with van der Waals surface area (Å²) in [6.07, 6.45) is 17.8. The molecular weight excluding hydrogens is 957 g/mol. The van der Waals surface area contributed by atoms with Crippen molar-refractivity contribution in [3.05, 3.63) is 130 Å². The molecule has 4 aromatic rings. The molecule has 0 saturated heterocycles. The Hall–Kier alpha value is -5.68. The molecule has 4 aliphatic rings.